The number of para-hydroxylation sites is 1. The van der Waals surface area contributed by atoms with Crippen LogP contribution in [-0.4, -0.2) is 21.9 Å². The molecule has 2 N–H and O–H groups in total. The maximum Gasteiger partial charge on any atom is 0.232 e. The zero-order chi connectivity index (χ0) is 19.3. The molecule has 1 aromatic heterocycles. The average Bonchev–Trinajstić information content (AvgIpc) is 3.14. The minimum Gasteiger partial charge on any atom is -0.454 e. The summed E-state index contributed by atoms with van der Waals surface area (Å²) in [5, 5.41) is 6.54. The van der Waals surface area contributed by atoms with Crippen molar-refractivity contribution in [2.45, 2.75) is 13.5 Å². The molecule has 0 radical (unpaired) electrons. The van der Waals surface area contributed by atoms with E-state index in [0.29, 0.717) is 29.2 Å². The van der Waals surface area contributed by atoms with Crippen LogP contribution in [0, 0.1) is 6.92 Å². The Morgan fingerprint density at radius 3 is 2.75 bits per heavy atom. The van der Waals surface area contributed by atoms with E-state index >= 15 is 0 Å². The summed E-state index contributed by atoms with van der Waals surface area (Å²) in [7, 11) is 0. The molecule has 1 aliphatic rings. The van der Waals surface area contributed by atoms with Crippen LogP contribution in [0.2, 0.25) is 0 Å². The number of hydrogen-bond donors (Lipinski definition) is 2. The van der Waals surface area contributed by atoms with Crippen molar-refractivity contribution in [3.05, 3.63) is 65.9 Å². The van der Waals surface area contributed by atoms with Gasteiger partial charge in [-0.3, -0.25) is 0 Å². The lowest BCUT2D eigenvalue weighted by Gasteiger charge is -2.11. The molecular formula is C20H18N4O3S. The number of rotatable bonds is 5. The summed E-state index contributed by atoms with van der Waals surface area (Å²) in [6.07, 6.45) is 0. The number of anilines is 1. The summed E-state index contributed by atoms with van der Waals surface area (Å²) < 4.78 is 16.5. The lowest BCUT2D eigenvalue weighted by Crippen LogP contribution is -2.28. The van der Waals surface area contributed by atoms with E-state index in [-0.39, 0.29) is 6.79 Å². The molecule has 2 aromatic carbocycles. The number of aromatic nitrogens is 2. The SMILES string of the molecule is Cc1cc(Oc2ccccc2)nc(NC(=S)NCc2ccc3c(c2)OCO3)n1. The number of nitrogens with one attached hydrogen (secondary N) is 2. The molecule has 2 heterocycles. The number of hydrogen-bond acceptors (Lipinski definition) is 6. The highest BCUT2D eigenvalue weighted by atomic mass is 32.1. The molecule has 0 aliphatic carbocycles. The van der Waals surface area contributed by atoms with Gasteiger partial charge < -0.3 is 24.8 Å². The van der Waals surface area contributed by atoms with Crippen molar-refractivity contribution in [3.63, 3.8) is 0 Å². The highest BCUT2D eigenvalue weighted by Gasteiger charge is 2.13. The molecule has 0 unspecified atom stereocenters. The minimum atomic E-state index is 0.254. The molecule has 4 rings (SSSR count). The fourth-order valence-corrected chi connectivity index (χ4v) is 2.80. The van der Waals surface area contributed by atoms with Crippen molar-refractivity contribution >= 4 is 23.3 Å². The number of ether oxygens (including phenoxy) is 3. The van der Waals surface area contributed by atoms with E-state index < -0.39 is 0 Å². The van der Waals surface area contributed by atoms with E-state index in [2.05, 4.69) is 20.6 Å². The summed E-state index contributed by atoms with van der Waals surface area (Å²) >= 11 is 5.35. The third-order valence-corrected chi connectivity index (χ3v) is 4.16. The van der Waals surface area contributed by atoms with Gasteiger partial charge in [-0.1, -0.05) is 24.3 Å². The number of benzene rings is 2. The van der Waals surface area contributed by atoms with Gasteiger partial charge in [0.2, 0.25) is 18.6 Å². The summed E-state index contributed by atoms with van der Waals surface area (Å²) in [6.45, 7) is 2.65. The third kappa shape index (κ3) is 4.47. The van der Waals surface area contributed by atoms with Crippen molar-refractivity contribution in [1.82, 2.24) is 15.3 Å². The fraction of sp³-hybridized carbons (Fsp3) is 0.150. The number of nitrogens with zero attached hydrogens (tertiary/aromatic N) is 2. The zero-order valence-electron chi connectivity index (χ0n) is 15.1. The molecule has 0 saturated carbocycles. The largest absolute Gasteiger partial charge is 0.454 e. The lowest BCUT2D eigenvalue weighted by molar-refractivity contribution is 0.174. The Morgan fingerprint density at radius 2 is 1.89 bits per heavy atom. The van der Waals surface area contributed by atoms with Crippen LogP contribution >= 0.6 is 12.2 Å². The van der Waals surface area contributed by atoms with Gasteiger partial charge >= 0.3 is 0 Å². The molecule has 8 heteroatoms. The molecule has 0 bridgehead atoms. The molecule has 0 spiro atoms. The first-order valence-corrected chi connectivity index (χ1v) is 9.08. The maximum absolute atomic E-state index is 5.77. The van der Waals surface area contributed by atoms with Crippen LogP contribution < -0.4 is 24.8 Å². The van der Waals surface area contributed by atoms with Gasteiger partial charge in [-0.25, -0.2) is 4.98 Å². The van der Waals surface area contributed by atoms with Crippen LogP contribution in [0.5, 0.6) is 23.1 Å². The van der Waals surface area contributed by atoms with Crippen LogP contribution in [0.3, 0.4) is 0 Å². The average molecular weight is 394 g/mol. The van der Waals surface area contributed by atoms with Crippen molar-refractivity contribution in [1.29, 1.82) is 0 Å². The van der Waals surface area contributed by atoms with Gasteiger partial charge in [-0.15, -0.1) is 0 Å². The summed E-state index contributed by atoms with van der Waals surface area (Å²) in [5.74, 6) is 3.01. The monoisotopic (exact) mass is 394 g/mol. The molecule has 0 atom stereocenters. The highest BCUT2D eigenvalue weighted by Crippen LogP contribution is 2.32. The molecule has 142 valence electrons. The normalized spacial score (nSPS) is 11.8. The van der Waals surface area contributed by atoms with E-state index in [1.165, 1.54) is 0 Å². The summed E-state index contributed by atoms with van der Waals surface area (Å²) in [6, 6.07) is 17.0. The molecular weight excluding hydrogens is 376 g/mol. The molecule has 3 aromatic rings. The quantitative estimate of drug-likeness (QED) is 0.633. The highest BCUT2D eigenvalue weighted by molar-refractivity contribution is 7.80. The maximum atomic E-state index is 5.77. The third-order valence-electron chi connectivity index (χ3n) is 3.91. The second kappa shape index (κ2) is 8.10. The lowest BCUT2D eigenvalue weighted by atomic mass is 10.2. The predicted molar refractivity (Wildman–Crippen MR) is 109 cm³/mol. The van der Waals surface area contributed by atoms with Crippen molar-refractivity contribution < 1.29 is 14.2 Å². The topological polar surface area (TPSA) is 77.5 Å². The van der Waals surface area contributed by atoms with Gasteiger partial charge in [0.1, 0.15) is 5.75 Å². The van der Waals surface area contributed by atoms with Gasteiger partial charge in [0.25, 0.3) is 0 Å². The Hall–Kier alpha value is -3.39. The standard InChI is InChI=1S/C20H18N4O3S/c1-13-9-18(27-15-5-3-2-4-6-15)23-19(22-13)24-20(28)21-11-14-7-8-16-17(10-14)26-12-25-16/h2-10H,11-12H2,1H3,(H2,21,22,23,24,28). The van der Waals surface area contributed by atoms with Gasteiger partial charge in [-0.05, 0) is 49.0 Å². The van der Waals surface area contributed by atoms with Gasteiger partial charge in [0.05, 0.1) is 0 Å². The molecule has 28 heavy (non-hydrogen) atoms. The van der Waals surface area contributed by atoms with Gasteiger partial charge in [0.15, 0.2) is 16.6 Å². The first-order chi connectivity index (χ1) is 13.7. The Morgan fingerprint density at radius 1 is 1.07 bits per heavy atom. The fourth-order valence-electron chi connectivity index (χ4n) is 2.64. The van der Waals surface area contributed by atoms with Crippen LogP contribution in [0.15, 0.2) is 54.6 Å². The van der Waals surface area contributed by atoms with Crippen LogP contribution in [0.1, 0.15) is 11.3 Å². The van der Waals surface area contributed by atoms with E-state index in [4.69, 9.17) is 26.4 Å². The number of fused-ring (bicyclic) bond motifs is 1. The molecule has 0 saturated heterocycles. The molecule has 7 nitrogen and oxygen atoms in total. The van der Waals surface area contributed by atoms with E-state index in [1.54, 1.807) is 6.07 Å². The second-order valence-corrected chi connectivity index (χ2v) is 6.49. The molecule has 0 amide bonds. The Kier molecular flexibility index (Phi) is 5.20. The molecule has 1 aliphatic heterocycles. The van der Waals surface area contributed by atoms with Gasteiger partial charge in [0, 0.05) is 18.3 Å². The first kappa shape index (κ1) is 18.0. The van der Waals surface area contributed by atoms with Crippen LogP contribution in [0.4, 0.5) is 5.95 Å². The first-order valence-electron chi connectivity index (χ1n) is 8.68. The van der Waals surface area contributed by atoms with Crippen molar-refractivity contribution in [3.8, 4) is 23.1 Å². The Labute approximate surface area is 167 Å². The summed E-state index contributed by atoms with van der Waals surface area (Å²) in [5.41, 5.74) is 1.79. The second-order valence-electron chi connectivity index (χ2n) is 6.08. The van der Waals surface area contributed by atoms with Crippen molar-refractivity contribution in [2.24, 2.45) is 0 Å². The zero-order valence-corrected chi connectivity index (χ0v) is 16.0. The predicted octanol–water partition coefficient (Wildman–Crippen LogP) is 3.79. The molecule has 0 fully saturated rings. The summed E-state index contributed by atoms with van der Waals surface area (Å²) in [4.78, 5) is 8.71. The Balaban J connectivity index is 1.37. The van der Waals surface area contributed by atoms with E-state index in [9.17, 15) is 0 Å². The van der Waals surface area contributed by atoms with Crippen molar-refractivity contribution in [2.75, 3.05) is 12.1 Å². The van der Waals surface area contributed by atoms with E-state index in [0.717, 1.165) is 22.8 Å². The number of thiocarbonyl (C=S) groups is 1. The van der Waals surface area contributed by atoms with E-state index in [1.807, 2.05) is 55.5 Å². The van der Waals surface area contributed by atoms with Crippen LogP contribution in [0.25, 0.3) is 0 Å². The smallest absolute Gasteiger partial charge is 0.232 e. The minimum absolute atomic E-state index is 0.254. The van der Waals surface area contributed by atoms with Crippen LogP contribution in [-0.2, 0) is 6.54 Å². The number of aryl methyl sites for hydroxylation is 1. The Bertz CT molecular complexity index is 998. The van der Waals surface area contributed by atoms with Gasteiger partial charge in [-0.2, -0.15) is 4.98 Å².